The van der Waals surface area contributed by atoms with E-state index in [0.717, 1.165) is 5.56 Å². The van der Waals surface area contributed by atoms with Crippen molar-refractivity contribution >= 4 is 0 Å². The summed E-state index contributed by atoms with van der Waals surface area (Å²) < 4.78 is 15.4. The fraction of sp³-hybridized carbons (Fsp3) is 0.125. The van der Waals surface area contributed by atoms with Crippen molar-refractivity contribution in [2.45, 2.75) is 13.8 Å². The van der Waals surface area contributed by atoms with Gasteiger partial charge in [0.25, 0.3) is 0 Å². The first-order chi connectivity index (χ1) is 15.3. The molecule has 0 aliphatic carbocycles. The van der Waals surface area contributed by atoms with Crippen LogP contribution in [0, 0.1) is 13.8 Å². The number of aryl methyl sites for hydroxylation is 2. The number of hydrogen-bond acceptors (Lipinski definition) is 8. The Kier molecular flexibility index (Phi) is 5.28. The van der Waals surface area contributed by atoms with E-state index in [1.54, 1.807) is 43.5 Å². The number of aromatic hydroxyl groups is 2. The summed E-state index contributed by atoms with van der Waals surface area (Å²) in [6, 6.07) is 12.9. The quantitative estimate of drug-likeness (QED) is 0.495. The molecule has 0 unspecified atom stereocenters. The van der Waals surface area contributed by atoms with Gasteiger partial charge in [0.1, 0.15) is 39.9 Å². The third kappa shape index (κ3) is 3.85. The van der Waals surface area contributed by atoms with Gasteiger partial charge in [-0.25, -0.2) is 14.6 Å². The monoisotopic (exact) mass is 433 g/mol. The van der Waals surface area contributed by atoms with Crippen molar-refractivity contribution in [1.82, 2.24) is 4.98 Å². The molecule has 0 atom stereocenters. The van der Waals surface area contributed by atoms with Gasteiger partial charge in [0.2, 0.25) is 0 Å². The van der Waals surface area contributed by atoms with Crippen LogP contribution in [0.2, 0.25) is 0 Å². The molecule has 0 amide bonds. The summed E-state index contributed by atoms with van der Waals surface area (Å²) >= 11 is 0. The zero-order chi connectivity index (χ0) is 23.0. The van der Waals surface area contributed by atoms with Gasteiger partial charge in [-0.15, -0.1) is 0 Å². The molecule has 1 aromatic carbocycles. The lowest BCUT2D eigenvalue weighted by Crippen LogP contribution is -2.08. The maximum Gasteiger partial charge on any atom is 0.349 e. The summed E-state index contributed by atoms with van der Waals surface area (Å²) in [6.07, 6.45) is 0. The van der Waals surface area contributed by atoms with Crippen LogP contribution in [0.4, 0.5) is 0 Å². The molecule has 0 saturated heterocycles. The number of aromatic nitrogens is 1. The van der Waals surface area contributed by atoms with Crippen molar-refractivity contribution < 1.29 is 23.8 Å². The number of nitrogens with zero attached hydrogens (tertiary/aromatic N) is 1. The molecule has 8 heteroatoms. The third-order valence-corrected chi connectivity index (χ3v) is 4.87. The Morgan fingerprint density at radius 3 is 1.62 bits per heavy atom. The third-order valence-electron chi connectivity index (χ3n) is 4.87. The second kappa shape index (κ2) is 8.07. The van der Waals surface area contributed by atoms with E-state index < -0.39 is 11.3 Å². The molecule has 3 heterocycles. The molecule has 0 saturated carbocycles. The minimum atomic E-state index is -0.784. The Balaban J connectivity index is 2.02. The summed E-state index contributed by atoms with van der Waals surface area (Å²) in [4.78, 5) is 29.4. The van der Waals surface area contributed by atoms with Crippen molar-refractivity contribution in [1.29, 1.82) is 0 Å². The first-order valence-electron chi connectivity index (χ1n) is 9.61. The molecule has 4 aromatic rings. The number of rotatable bonds is 4. The standard InChI is InChI=1S/C24H19NO7/c1-12-8-19(26)21(23(28)31-12)17-10-15(14-4-6-16(30-3)7-5-14)11-18(25-17)22-20(27)9-13(2)32-24(22)29/h4-11,26-27H,1-3H3. The SMILES string of the molecule is COc1ccc(-c2cc(-c3c(O)cc(C)oc3=O)nc(-c3c(O)cc(C)oc3=O)c2)cc1. The summed E-state index contributed by atoms with van der Waals surface area (Å²) in [5, 5.41) is 20.8. The van der Waals surface area contributed by atoms with Gasteiger partial charge in [-0.1, -0.05) is 12.1 Å². The van der Waals surface area contributed by atoms with E-state index in [1.807, 2.05) is 0 Å². The van der Waals surface area contributed by atoms with E-state index in [-0.39, 0.29) is 45.5 Å². The smallest absolute Gasteiger partial charge is 0.349 e. The van der Waals surface area contributed by atoms with Crippen LogP contribution in [0.15, 0.2) is 67.0 Å². The number of benzene rings is 1. The van der Waals surface area contributed by atoms with E-state index in [0.29, 0.717) is 11.3 Å². The Morgan fingerprint density at radius 1 is 0.750 bits per heavy atom. The van der Waals surface area contributed by atoms with Crippen LogP contribution < -0.4 is 16.0 Å². The normalized spacial score (nSPS) is 10.8. The molecule has 0 radical (unpaired) electrons. The van der Waals surface area contributed by atoms with Crippen molar-refractivity contribution in [3.63, 3.8) is 0 Å². The van der Waals surface area contributed by atoms with Crippen LogP contribution in [0.25, 0.3) is 33.6 Å². The van der Waals surface area contributed by atoms with Crippen LogP contribution >= 0.6 is 0 Å². The Labute approximate surface area is 182 Å². The average Bonchev–Trinajstić information content (AvgIpc) is 2.72. The lowest BCUT2D eigenvalue weighted by atomic mass is 10.0. The predicted octanol–water partition coefficient (Wildman–Crippen LogP) is 4.03. The molecule has 0 bridgehead atoms. The molecule has 2 N–H and O–H groups in total. The topological polar surface area (TPSA) is 123 Å². The highest BCUT2D eigenvalue weighted by Gasteiger charge is 2.20. The number of pyridine rings is 1. The highest BCUT2D eigenvalue weighted by molar-refractivity contribution is 5.79. The highest BCUT2D eigenvalue weighted by Crippen LogP contribution is 2.34. The molecule has 162 valence electrons. The Morgan fingerprint density at radius 2 is 1.22 bits per heavy atom. The van der Waals surface area contributed by atoms with E-state index >= 15 is 0 Å². The maximum absolute atomic E-state index is 12.5. The summed E-state index contributed by atoms with van der Waals surface area (Å²) in [6.45, 7) is 3.07. The predicted molar refractivity (Wildman–Crippen MR) is 117 cm³/mol. The van der Waals surface area contributed by atoms with Crippen LogP contribution in [-0.2, 0) is 0 Å². The molecule has 3 aromatic heterocycles. The van der Waals surface area contributed by atoms with Gasteiger partial charge < -0.3 is 23.8 Å². The van der Waals surface area contributed by atoms with Crippen molar-refractivity contribution in [2.75, 3.05) is 7.11 Å². The maximum atomic E-state index is 12.5. The van der Waals surface area contributed by atoms with E-state index in [9.17, 15) is 19.8 Å². The minimum absolute atomic E-state index is 0.0685. The molecule has 0 fully saturated rings. The molecule has 8 nitrogen and oxygen atoms in total. The first-order valence-corrected chi connectivity index (χ1v) is 9.61. The van der Waals surface area contributed by atoms with Gasteiger partial charge in [-0.3, -0.25) is 0 Å². The largest absolute Gasteiger partial charge is 0.507 e. The van der Waals surface area contributed by atoms with Gasteiger partial charge in [0, 0.05) is 12.1 Å². The minimum Gasteiger partial charge on any atom is -0.507 e. The van der Waals surface area contributed by atoms with E-state index in [1.165, 1.54) is 26.0 Å². The summed E-state index contributed by atoms with van der Waals surface area (Å²) in [5.41, 5.74) is -0.459. The lowest BCUT2D eigenvalue weighted by molar-refractivity contribution is 0.415. The second-order valence-corrected chi connectivity index (χ2v) is 7.16. The number of hydrogen-bond donors (Lipinski definition) is 2. The van der Waals surface area contributed by atoms with Crippen molar-refractivity contribution in [2.24, 2.45) is 0 Å². The van der Waals surface area contributed by atoms with Crippen molar-refractivity contribution in [3.8, 4) is 50.9 Å². The Hall–Kier alpha value is -4.33. The Bertz CT molecular complexity index is 1350. The van der Waals surface area contributed by atoms with Gasteiger partial charge in [-0.05, 0) is 49.2 Å². The summed E-state index contributed by atoms with van der Waals surface area (Å²) in [5.74, 6) is 0.490. The fourth-order valence-corrected chi connectivity index (χ4v) is 3.40. The molecule has 32 heavy (non-hydrogen) atoms. The van der Waals surface area contributed by atoms with Crippen LogP contribution in [0.1, 0.15) is 11.5 Å². The number of ether oxygens (including phenoxy) is 1. The van der Waals surface area contributed by atoms with Gasteiger partial charge in [-0.2, -0.15) is 0 Å². The fourth-order valence-electron chi connectivity index (χ4n) is 3.40. The first kappa shape index (κ1) is 20.9. The summed E-state index contributed by atoms with van der Waals surface area (Å²) in [7, 11) is 1.55. The van der Waals surface area contributed by atoms with Gasteiger partial charge >= 0.3 is 11.3 Å². The molecular weight excluding hydrogens is 414 g/mol. The zero-order valence-corrected chi connectivity index (χ0v) is 17.5. The molecule has 4 rings (SSSR count). The van der Waals surface area contributed by atoms with Crippen molar-refractivity contribution in [3.05, 3.63) is 80.9 Å². The average molecular weight is 433 g/mol. The molecule has 0 aliphatic heterocycles. The molecule has 0 spiro atoms. The van der Waals surface area contributed by atoms with Gasteiger partial charge in [0.05, 0.1) is 18.5 Å². The second-order valence-electron chi connectivity index (χ2n) is 7.16. The molecule has 0 aliphatic rings. The van der Waals surface area contributed by atoms with E-state index in [2.05, 4.69) is 4.98 Å². The highest BCUT2D eigenvalue weighted by atomic mass is 16.5. The van der Waals surface area contributed by atoms with Crippen LogP contribution in [0.3, 0.4) is 0 Å². The van der Waals surface area contributed by atoms with Gasteiger partial charge in [0.15, 0.2) is 0 Å². The zero-order valence-electron chi connectivity index (χ0n) is 17.5. The lowest BCUT2D eigenvalue weighted by Gasteiger charge is -2.11. The van der Waals surface area contributed by atoms with Crippen LogP contribution in [-0.4, -0.2) is 22.3 Å². The molecular formula is C24H19NO7. The van der Waals surface area contributed by atoms with E-state index in [4.69, 9.17) is 13.6 Å². The number of methoxy groups -OCH3 is 1. The van der Waals surface area contributed by atoms with Crippen LogP contribution in [0.5, 0.6) is 17.2 Å².